The van der Waals surface area contributed by atoms with Crippen molar-refractivity contribution in [2.75, 3.05) is 0 Å². The average Bonchev–Trinajstić information content (AvgIpc) is 2.29. The first kappa shape index (κ1) is 15.6. The molecule has 0 bridgehead atoms. The molecule has 0 aromatic carbocycles. The molecule has 0 saturated carbocycles. The van der Waals surface area contributed by atoms with Crippen LogP contribution in [-0.4, -0.2) is 18.1 Å². The maximum Gasteiger partial charge on any atom is 0.524 e. The number of esters is 2. The van der Waals surface area contributed by atoms with Crippen LogP contribution in [0.1, 0.15) is 13.8 Å². The Morgan fingerprint density at radius 1 is 0.722 bits per heavy atom. The van der Waals surface area contributed by atoms with Gasteiger partial charge in [-0.3, -0.25) is 0 Å². The Kier molecular flexibility index (Phi) is 8.45. The van der Waals surface area contributed by atoms with Crippen molar-refractivity contribution in [1.82, 2.24) is 0 Å². The first-order chi connectivity index (χ1) is 8.60. The molecule has 0 aliphatic carbocycles. The topological polar surface area (TPSA) is 69.7 Å². The van der Waals surface area contributed by atoms with Gasteiger partial charge in [0.15, 0.2) is 0 Å². The second-order valence-corrected chi connectivity index (χ2v) is 2.86. The fraction of sp³-hybridized carbons (Fsp3) is 0.154. The van der Waals surface area contributed by atoms with E-state index in [1.54, 1.807) is 38.2 Å². The molecule has 0 aliphatic rings. The van der Waals surface area contributed by atoms with Gasteiger partial charge in [0.25, 0.3) is 0 Å². The Labute approximate surface area is 105 Å². The summed E-state index contributed by atoms with van der Waals surface area (Å²) in [4.78, 5) is 32.9. The van der Waals surface area contributed by atoms with Crippen molar-refractivity contribution in [1.29, 1.82) is 0 Å². The zero-order valence-electron chi connectivity index (χ0n) is 10.2. The number of hydrogen-bond acceptors (Lipinski definition) is 5. The van der Waals surface area contributed by atoms with Gasteiger partial charge in [0.2, 0.25) is 0 Å². The highest BCUT2D eigenvalue weighted by atomic mass is 16.8. The van der Waals surface area contributed by atoms with Gasteiger partial charge in [0.1, 0.15) is 0 Å². The number of carbonyl (C=O) groups is 3. The highest BCUT2D eigenvalue weighted by molar-refractivity contribution is 5.95. The summed E-state index contributed by atoms with van der Waals surface area (Å²) in [6.45, 7) is 3.53. The van der Waals surface area contributed by atoms with E-state index < -0.39 is 18.1 Å². The Morgan fingerprint density at radius 2 is 1.11 bits per heavy atom. The van der Waals surface area contributed by atoms with Crippen molar-refractivity contribution in [3.05, 3.63) is 48.6 Å². The standard InChI is InChI=1S/C13H14O5/c1-3-5-7-9-11(14)17-13(16)18-12(15)10-8-6-4-2/h3-10H,1-2H3/b5-3+,6-4+,9-7+,10-8+. The first-order valence-corrected chi connectivity index (χ1v) is 5.16. The SMILES string of the molecule is C/C=C/C=C/C(=O)OC(=O)OC(=O)/C=C/C=C/C. The minimum absolute atomic E-state index is 0.914. The lowest BCUT2D eigenvalue weighted by molar-refractivity contribution is -0.140. The molecular weight excluding hydrogens is 236 g/mol. The molecule has 5 nitrogen and oxygen atoms in total. The van der Waals surface area contributed by atoms with Gasteiger partial charge in [-0.25, -0.2) is 14.4 Å². The Morgan fingerprint density at radius 3 is 1.44 bits per heavy atom. The van der Waals surface area contributed by atoms with Crippen LogP contribution in [0.2, 0.25) is 0 Å². The van der Waals surface area contributed by atoms with Crippen LogP contribution in [0, 0.1) is 0 Å². The molecule has 0 N–H and O–H groups in total. The van der Waals surface area contributed by atoms with Crippen LogP contribution in [0.15, 0.2) is 48.6 Å². The zero-order chi connectivity index (χ0) is 13.8. The molecule has 0 unspecified atom stereocenters. The summed E-state index contributed by atoms with van der Waals surface area (Å²) < 4.78 is 8.36. The van der Waals surface area contributed by atoms with E-state index in [9.17, 15) is 14.4 Å². The minimum atomic E-state index is -1.36. The summed E-state index contributed by atoms with van der Waals surface area (Å²) in [6, 6.07) is 0. The predicted molar refractivity (Wildman–Crippen MR) is 65.5 cm³/mol. The molecule has 0 spiro atoms. The third kappa shape index (κ3) is 8.84. The van der Waals surface area contributed by atoms with Crippen molar-refractivity contribution in [3.63, 3.8) is 0 Å². The highest BCUT2D eigenvalue weighted by Gasteiger charge is 2.12. The van der Waals surface area contributed by atoms with Gasteiger partial charge in [-0.1, -0.05) is 36.5 Å². The van der Waals surface area contributed by atoms with Crippen LogP contribution < -0.4 is 0 Å². The molecule has 5 heteroatoms. The van der Waals surface area contributed by atoms with Gasteiger partial charge in [0, 0.05) is 12.2 Å². The van der Waals surface area contributed by atoms with Crippen LogP contribution in [-0.2, 0) is 19.1 Å². The third-order valence-corrected chi connectivity index (χ3v) is 1.44. The smallest absolute Gasteiger partial charge is 0.357 e. The van der Waals surface area contributed by atoms with Gasteiger partial charge in [-0.05, 0) is 13.8 Å². The summed E-state index contributed by atoms with van der Waals surface area (Å²) in [5, 5.41) is 0. The normalized spacial score (nSPS) is 11.7. The quantitative estimate of drug-likeness (QED) is 0.332. The van der Waals surface area contributed by atoms with Gasteiger partial charge < -0.3 is 9.47 Å². The van der Waals surface area contributed by atoms with Crippen molar-refractivity contribution in [3.8, 4) is 0 Å². The van der Waals surface area contributed by atoms with Gasteiger partial charge >= 0.3 is 18.1 Å². The van der Waals surface area contributed by atoms with E-state index in [-0.39, 0.29) is 0 Å². The lowest BCUT2D eigenvalue weighted by atomic mass is 10.4. The second kappa shape index (κ2) is 9.77. The molecule has 96 valence electrons. The second-order valence-electron chi connectivity index (χ2n) is 2.86. The van der Waals surface area contributed by atoms with Crippen molar-refractivity contribution >= 4 is 18.1 Å². The van der Waals surface area contributed by atoms with E-state index in [1.165, 1.54) is 12.2 Å². The van der Waals surface area contributed by atoms with Gasteiger partial charge in [-0.2, -0.15) is 0 Å². The lowest BCUT2D eigenvalue weighted by Crippen LogP contribution is -2.15. The third-order valence-electron chi connectivity index (χ3n) is 1.44. The molecule has 0 saturated heterocycles. The molecule has 0 atom stereocenters. The van der Waals surface area contributed by atoms with E-state index >= 15 is 0 Å². The minimum Gasteiger partial charge on any atom is -0.357 e. The molecule has 0 amide bonds. The average molecular weight is 250 g/mol. The molecule has 0 rings (SSSR count). The van der Waals surface area contributed by atoms with Crippen LogP contribution in [0.4, 0.5) is 4.79 Å². The molecule has 0 fully saturated rings. The van der Waals surface area contributed by atoms with Crippen LogP contribution >= 0.6 is 0 Å². The van der Waals surface area contributed by atoms with E-state index in [0.29, 0.717) is 0 Å². The van der Waals surface area contributed by atoms with Gasteiger partial charge in [-0.15, -0.1) is 0 Å². The summed E-state index contributed by atoms with van der Waals surface area (Å²) >= 11 is 0. The summed E-state index contributed by atoms with van der Waals surface area (Å²) in [5.41, 5.74) is 0. The summed E-state index contributed by atoms with van der Waals surface area (Å²) in [7, 11) is 0. The Bertz CT molecular complexity index is 375. The maximum atomic E-state index is 11.0. The van der Waals surface area contributed by atoms with E-state index in [1.807, 2.05) is 0 Å². The molecule has 0 heterocycles. The van der Waals surface area contributed by atoms with Gasteiger partial charge in [0.05, 0.1) is 0 Å². The number of carbonyl (C=O) groups excluding carboxylic acids is 3. The maximum absolute atomic E-state index is 11.0. The molecule has 0 aromatic heterocycles. The molecule has 0 aliphatic heterocycles. The monoisotopic (exact) mass is 250 g/mol. The van der Waals surface area contributed by atoms with Crippen LogP contribution in [0.5, 0.6) is 0 Å². The lowest BCUT2D eigenvalue weighted by Gasteiger charge is -1.97. The molecule has 0 radical (unpaired) electrons. The first-order valence-electron chi connectivity index (χ1n) is 5.16. The van der Waals surface area contributed by atoms with Crippen molar-refractivity contribution in [2.45, 2.75) is 13.8 Å². The number of allylic oxidation sites excluding steroid dienone is 6. The molecular formula is C13H14O5. The number of ether oxygens (including phenoxy) is 2. The van der Waals surface area contributed by atoms with E-state index in [2.05, 4.69) is 9.47 Å². The van der Waals surface area contributed by atoms with E-state index in [4.69, 9.17) is 0 Å². The predicted octanol–water partition coefficient (Wildman–Crippen LogP) is 2.46. The fourth-order valence-corrected chi connectivity index (χ4v) is 0.744. The fourth-order valence-electron chi connectivity index (χ4n) is 0.744. The number of rotatable bonds is 4. The highest BCUT2D eigenvalue weighted by Crippen LogP contribution is 1.91. The Hall–Kier alpha value is -2.43. The van der Waals surface area contributed by atoms with Crippen molar-refractivity contribution in [2.24, 2.45) is 0 Å². The summed E-state index contributed by atoms with van der Waals surface area (Å²) in [5.74, 6) is -1.83. The number of hydrogen-bond donors (Lipinski definition) is 0. The van der Waals surface area contributed by atoms with E-state index in [0.717, 1.165) is 12.2 Å². The molecule has 0 aromatic rings. The zero-order valence-corrected chi connectivity index (χ0v) is 10.2. The Balaban J connectivity index is 4.11. The van der Waals surface area contributed by atoms with Crippen LogP contribution in [0.25, 0.3) is 0 Å². The van der Waals surface area contributed by atoms with Crippen molar-refractivity contribution < 1.29 is 23.9 Å². The molecule has 18 heavy (non-hydrogen) atoms. The van der Waals surface area contributed by atoms with Crippen LogP contribution in [0.3, 0.4) is 0 Å². The largest absolute Gasteiger partial charge is 0.524 e. The summed E-state index contributed by atoms with van der Waals surface area (Å²) in [6.07, 6.45) is 10.0.